The summed E-state index contributed by atoms with van der Waals surface area (Å²) in [4.78, 5) is 12.3. The Bertz CT molecular complexity index is 997. The minimum atomic E-state index is -3.67. The van der Waals surface area contributed by atoms with Crippen molar-refractivity contribution in [3.63, 3.8) is 0 Å². The molecule has 1 aliphatic heterocycles. The quantitative estimate of drug-likeness (QED) is 0.802. The van der Waals surface area contributed by atoms with Crippen molar-refractivity contribution in [1.82, 2.24) is 5.32 Å². The van der Waals surface area contributed by atoms with Crippen molar-refractivity contribution in [1.29, 1.82) is 5.26 Å². The lowest BCUT2D eigenvalue weighted by Gasteiger charge is -2.22. The van der Waals surface area contributed by atoms with E-state index in [1.165, 1.54) is 24.3 Å². The summed E-state index contributed by atoms with van der Waals surface area (Å²) in [7, 11) is -3.67. The molecule has 2 aromatic rings. The molecule has 0 saturated carbocycles. The first kappa shape index (κ1) is 18.5. The van der Waals surface area contributed by atoms with Gasteiger partial charge in [0.2, 0.25) is 22.7 Å². The number of rotatable bonds is 6. The number of anilines is 1. The van der Waals surface area contributed by atoms with E-state index in [-0.39, 0.29) is 19.9 Å². The van der Waals surface area contributed by atoms with Crippen LogP contribution in [0.15, 0.2) is 42.5 Å². The van der Waals surface area contributed by atoms with Crippen molar-refractivity contribution in [2.75, 3.05) is 23.9 Å². The highest BCUT2D eigenvalue weighted by Crippen LogP contribution is 2.32. The molecule has 0 atom stereocenters. The molecule has 0 radical (unpaired) electrons. The van der Waals surface area contributed by atoms with Crippen LogP contribution in [0.2, 0.25) is 0 Å². The summed E-state index contributed by atoms with van der Waals surface area (Å²) >= 11 is 0. The number of hydrogen-bond acceptors (Lipinski definition) is 6. The topological polar surface area (TPSA) is 109 Å². The Morgan fingerprint density at radius 2 is 1.89 bits per heavy atom. The maximum absolute atomic E-state index is 12.3. The lowest BCUT2D eigenvalue weighted by Crippen LogP contribution is -2.40. The highest BCUT2D eigenvalue weighted by Gasteiger charge is 2.21. The lowest BCUT2D eigenvalue weighted by molar-refractivity contribution is -0.119. The van der Waals surface area contributed by atoms with E-state index in [9.17, 15) is 13.2 Å². The van der Waals surface area contributed by atoms with E-state index in [4.69, 9.17) is 14.7 Å². The first-order valence-electron chi connectivity index (χ1n) is 8.00. The SMILES string of the molecule is CS(=O)(=O)N(CC(=O)NCc1ccc2c(c1)OCO2)c1ccc(C#N)cc1. The largest absolute Gasteiger partial charge is 0.454 e. The molecular formula is C18H17N3O5S. The minimum Gasteiger partial charge on any atom is -0.454 e. The Morgan fingerprint density at radius 3 is 2.56 bits per heavy atom. The van der Waals surface area contributed by atoms with Crippen molar-refractivity contribution in [2.24, 2.45) is 0 Å². The van der Waals surface area contributed by atoms with Crippen LogP contribution in [0.1, 0.15) is 11.1 Å². The Balaban J connectivity index is 1.66. The Labute approximate surface area is 157 Å². The van der Waals surface area contributed by atoms with Crippen LogP contribution in [0.4, 0.5) is 5.69 Å². The van der Waals surface area contributed by atoms with Gasteiger partial charge in [0, 0.05) is 6.54 Å². The molecule has 0 bridgehead atoms. The number of nitriles is 1. The van der Waals surface area contributed by atoms with Crippen molar-refractivity contribution in [2.45, 2.75) is 6.54 Å². The zero-order valence-corrected chi connectivity index (χ0v) is 15.3. The average molecular weight is 387 g/mol. The monoisotopic (exact) mass is 387 g/mol. The molecule has 140 valence electrons. The first-order valence-corrected chi connectivity index (χ1v) is 9.85. The molecule has 0 saturated heterocycles. The van der Waals surface area contributed by atoms with Crippen LogP contribution < -0.4 is 19.1 Å². The molecule has 1 amide bonds. The van der Waals surface area contributed by atoms with E-state index < -0.39 is 15.9 Å². The number of ether oxygens (including phenoxy) is 2. The van der Waals surface area contributed by atoms with E-state index in [0.717, 1.165) is 16.1 Å². The molecule has 0 spiro atoms. The van der Waals surface area contributed by atoms with Gasteiger partial charge in [-0.1, -0.05) is 6.07 Å². The van der Waals surface area contributed by atoms with Crippen LogP contribution in [-0.2, 0) is 21.4 Å². The van der Waals surface area contributed by atoms with Crippen LogP contribution in [0, 0.1) is 11.3 Å². The summed E-state index contributed by atoms with van der Waals surface area (Å²) in [5.74, 6) is 0.800. The average Bonchev–Trinajstić information content (AvgIpc) is 3.11. The number of sulfonamides is 1. The first-order chi connectivity index (χ1) is 12.9. The fourth-order valence-corrected chi connectivity index (χ4v) is 3.40. The maximum Gasteiger partial charge on any atom is 0.241 e. The van der Waals surface area contributed by atoms with Gasteiger partial charge in [0.1, 0.15) is 6.54 Å². The second-order valence-electron chi connectivity index (χ2n) is 5.89. The third-order valence-electron chi connectivity index (χ3n) is 3.90. The molecule has 9 heteroatoms. The molecule has 1 heterocycles. The highest BCUT2D eigenvalue weighted by molar-refractivity contribution is 7.92. The zero-order chi connectivity index (χ0) is 19.4. The van der Waals surface area contributed by atoms with E-state index in [1.807, 2.05) is 6.07 Å². The van der Waals surface area contributed by atoms with Gasteiger partial charge < -0.3 is 14.8 Å². The standard InChI is InChI=1S/C18H17N3O5S/c1-27(23,24)21(15-5-2-13(9-19)3-6-15)11-18(22)20-10-14-4-7-16-17(8-14)26-12-25-16/h2-8H,10-12H2,1H3,(H,20,22). The molecule has 0 fully saturated rings. The number of carbonyl (C=O) groups is 1. The number of benzene rings is 2. The smallest absolute Gasteiger partial charge is 0.241 e. The number of fused-ring (bicyclic) bond motifs is 1. The fraction of sp³-hybridized carbons (Fsp3) is 0.222. The van der Waals surface area contributed by atoms with Crippen LogP contribution in [0.3, 0.4) is 0 Å². The van der Waals surface area contributed by atoms with E-state index in [2.05, 4.69) is 5.32 Å². The third-order valence-corrected chi connectivity index (χ3v) is 5.04. The van der Waals surface area contributed by atoms with Crippen LogP contribution in [0.25, 0.3) is 0 Å². The molecule has 1 N–H and O–H groups in total. The van der Waals surface area contributed by atoms with Gasteiger partial charge in [-0.05, 0) is 42.0 Å². The van der Waals surface area contributed by atoms with E-state index in [1.54, 1.807) is 18.2 Å². The normalized spacial score (nSPS) is 12.3. The summed E-state index contributed by atoms with van der Waals surface area (Å²) in [5, 5.41) is 11.5. The number of amides is 1. The van der Waals surface area contributed by atoms with E-state index in [0.29, 0.717) is 22.7 Å². The second kappa shape index (κ2) is 7.55. The molecule has 0 unspecified atom stereocenters. The van der Waals surface area contributed by atoms with Crippen molar-refractivity contribution in [3.8, 4) is 17.6 Å². The molecule has 0 aromatic heterocycles. The van der Waals surface area contributed by atoms with Gasteiger partial charge in [-0.25, -0.2) is 8.42 Å². The predicted molar refractivity (Wildman–Crippen MR) is 97.8 cm³/mol. The minimum absolute atomic E-state index is 0.166. The molecule has 27 heavy (non-hydrogen) atoms. The Kier molecular flexibility index (Phi) is 5.19. The van der Waals surface area contributed by atoms with E-state index >= 15 is 0 Å². The third kappa shape index (κ3) is 4.48. The van der Waals surface area contributed by atoms with Crippen LogP contribution >= 0.6 is 0 Å². The van der Waals surface area contributed by atoms with Crippen molar-refractivity contribution < 1.29 is 22.7 Å². The molecule has 0 aliphatic carbocycles. The summed E-state index contributed by atoms with van der Waals surface area (Å²) in [6.07, 6.45) is 1.02. The molecule has 8 nitrogen and oxygen atoms in total. The zero-order valence-electron chi connectivity index (χ0n) is 14.5. The van der Waals surface area contributed by atoms with Gasteiger partial charge in [-0.3, -0.25) is 9.10 Å². The number of nitrogens with one attached hydrogen (secondary N) is 1. The molecule has 1 aliphatic rings. The van der Waals surface area contributed by atoms with Gasteiger partial charge in [-0.15, -0.1) is 0 Å². The molecular weight excluding hydrogens is 370 g/mol. The lowest BCUT2D eigenvalue weighted by atomic mass is 10.2. The number of hydrogen-bond donors (Lipinski definition) is 1. The van der Waals surface area contributed by atoms with Gasteiger partial charge in [0.15, 0.2) is 11.5 Å². The summed E-state index contributed by atoms with van der Waals surface area (Å²) in [6, 6.07) is 13.2. The maximum atomic E-state index is 12.3. The molecule has 2 aromatic carbocycles. The van der Waals surface area contributed by atoms with Gasteiger partial charge >= 0.3 is 0 Å². The van der Waals surface area contributed by atoms with Crippen molar-refractivity contribution >= 4 is 21.6 Å². The predicted octanol–water partition coefficient (Wildman–Crippen LogP) is 1.37. The van der Waals surface area contributed by atoms with Gasteiger partial charge in [-0.2, -0.15) is 5.26 Å². The summed E-state index contributed by atoms with van der Waals surface area (Å²) in [6.45, 7) is 0.0226. The summed E-state index contributed by atoms with van der Waals surface area (Å²) in [5.41, 5.74) is 1.52. The van der Waals surface area contributed by atoms with Crippen molar-refractivity contribution in [3.05, 3.63) is 53.6 Å². The van der Waals surface area contributed by atoms with Crippen LogP contribution in [-0.4, -0.2) is 33.9 Å². The fourth-order valence-electron chi connectivity index (χ4n) is 2.54. The Morgan fingerprint density at radius 1 is 1.19 bits per heavy atom. The van der Waals surface area contributed by atoms with Gasteiger partial charge in [0.05, 0.1) is 23.6 Å². The molecule has 3 rings (SSSR count). The highest BCUT2D eigenvalue weighted by atomic mass is 32.2. The summed E-state index contributed by atoms with van der Waals surface area (Å²) < 4.78 is 35.7. The Hall–Kier alpha value is -3.25. The van der Waals surface area contributed by atoms with Crippen LogP contribution in [0.5, 0.6) is 11.5 Å². The number of carbonyl (C=O) groups excluding carboxylic acids is 1. The number of nitrogens with zero attached hydrogens (tertiary/aromatic N) is 2. The second-order valence-corrected chi connectivity index (χ2v) is 7.80. The van der Waals surface area contributed by atoms with Gasteiger partial charge in [0.25, 0.3) is 0 Å².